The van der Waals surface area contributed by atoms with Gasteiger partial charge in [-0.3, -0.25) is 0 Å². The van der Waals surface area contributed by atoms with Crippen LogP contribution in [0.4, 0.5) is 10.2 Å². The average Bonchev–Trinajstić information content (AvgIpc) is 2.71. The predicted octanol–water partition coefficient (Wildman–Crippen LogP) is 5.55. The lowest BCUT2D eigenvalue weighted by molar-refractivity contribution is -0.111. The topological polar surface area (TPSA) is 46.1 Å². The van der Waals surface area contributed by atoms with Gasteiger partial charge in [-0.25, -0.2) is 14.4 Å². The van der Waals surface area contributed by atoms with Crippen LogP contribution in [0.3, 0.4) is 0 Å². The summed E-state index contributed by atoms with van der Waals surface area (Å²) in [4.78, 5) is 22.1. The number of carbonyl (C=O) groups is 1. The van der Waals surface area contributed by atoms with Crippen molar-refractivity contribution in [3.05, 3.63) is 52.5 Å². The fraction of sp³-hybridized carbons (Fsp3) is 0.286. The maximum Gasteiger partial charge on any atom is 0.149 e. The molecule has 1 aliphatic rings. The predicted molar refractivity (Wildman–Crippen MR) is 111 cm³/mol. The molecular weight excluding hydrogens is 400 g/mol. The van der Waals surface area contributed by atoms with E-state index >= 15 is 0 Å². The molecule has 4 rings (SSSR count). The highest BCUT2D eigenvalue weighted by Crippen LogP contribution is 2.39. The van der Waals surface area contributed by atoms with Gasteiger partial charge in [-0.1, -0.05) is 35.3 Å². The lowest BCUT2D eigenvalue weighted by atomic mass is 9.93. The van der Waals surface area contributed by atoms with Gasteiger partial charge in [0.05, 0.1) is 15.4 Å². The number of hydrogen-bond donors (Lipinski definition) is 0. The molecular formula is C21H18Cl2FN3O. The minimum absolute atomic E-state index is 0.0665. The van der Waals surface area contributed by atoms with Crippen molar-refractivity contribution in [2.75, 3.05) is 11.4 Å². The van der Waals surface area contributed by atoms with Crippen molar-refractivity contribution in [3.8, 4) is 11.1 Å². The van der Waals surface area contributed by atoms with Gasteiger partial charge in [0.1, 0.15) is 29.8 Å². The van der Waals surface area contributed by atoms with Crippen molar-refractivity contribution in [1.29, 1.82) is 0 Å². The van der Waals surface area contributed by atoms with Crippen LogP contribution in [0.1, 0.15) is 19.8 Å². The van der Waals surface area contributed by atoms with E-state index in [4.69, 9.17) is 23.2 Å². The number of benzene rings is 2. The van der Waals surface area contributed by atoms with Gasteiger partial charge in [0.15, 0.2) is 0 Å². The van der Waals surface area contributed by atoms with Gasteiger partial charge >= 0.3 is 0 Å². The number of nitrogens with zero attached hydrogens (tertiary/aromatic N) is 3. The Morgan fingerprint density at radius 3 is 2.71 bits per heavy atom. The first kappa shape index (κ1) is 19.1. The van der Waals surface area contributed by atoms with Crippen molar-refractivity contribution in [2.24, 2.45) is 5.92 Å². The standard InChI is InChI=1S/C21H18Cl2FN3O/c1-12-2-3-13(10-28)9-27(12)21-19-15(14-4-6-16(22)17(23)8-14)5-7-18(24)20(19)25-11-26-21/h4-8,10-13H,2-3,9H2,1H3. The van der Waals surface area contributed by atoms with Gasteiger partial charge in [-0.15, -0.1) is 0 Å². The molecule has 28 heavy (non-hydrogen) atoms. The van der Waals surface area contributed by atoms with Crippen LogP contribution in [0.2, 0.25) is 10.0 Å². The Morgan fingerprint density at radius 1 is 1.14 bits per heavy atom. The van der Waals surface area contributed by atoms with Gasteiger partial charge in [-0.05, 0) is 49.1 Å². The smallest absolute Gasteiger partial charge is 0.149 e. The molecule has 0 spiro atoms. The summed E-state index contributed by atoms with van der Waals surface area (Å²) in [5.74, 6) is 0.145. The van der Waals surface area contributed by atoms with E-state index in [1.165, 1.54) is 12.4 Å². The Balaban J connectivity index is 1.96. The van der Waals surface area contributed by atoms with E-state index in [0.29, 0.717) is 27.8 Å². The second-order valence-corrected chi connectivity index (χ2v) is 7.93. The number of halogens is 3. The largest absolute Gasteiger partial charge is 0.353 e. The Bertz CT molecular complexity index is 1060. The second kappa shape index (κ2) is 7.64. The van der Waals surface area contributed by atoms with E-state index in [-0.39, 0.29) is 17.5 Å². The van der Waals surface area contributed by atoms with Crippen LogP contribution in [0.15, 0.2) is 36.7 Å². The van der Waals surface area contributed by atoms with E-state index < -0.39 is 5.82 Å². The van der Waals surface area contributed by atoms with E-state index in [9.17, 15) is 9.18 Å². The first-order valence-corrected chi connectivity index (χ1v) is 9.85. The quantitative estimate of drug-likeness (QED) is 0.524. The number of carbonyl (C=O) groups excluding carboxylic acids is 1. The van der Waals surface area contributed by atoms with Gasteiger partial charge in [0, 0.05) is 18.5 Å². The molecule has 1 aliphatic heterocycles. The number of fused-ring (bicyclic) bond motifs is 1. The first-order chi connectivity index (χ1) is 13.5. The van der Waals surface area contributed by atoms with E-state index in [2.05, 4.69) is 21.8 Å². The summed E-state index contributed by atoms with van der Waals surface area (Å²) in [7, 11) is 0. The fourth-order valence-corrected chi connectivity index (χ4v) is 4.09. The van der Waals surface area contributed by atoms with Crippen molar-refractivity contribution >= 4 is 46.2 Å². The summed E-state index contributed by atoms with van der Waals surface area (Å²) < 4.78 is 14.6. The lowest BCUT2D eigenvalue weighted by Gasteiger charge is -2.37. The number of hydrogen-bond acceptors (Lipinski definition) is 4. The zero-order valence-corrected chi connectivity index (χ0v) is 16.7. The molecule has 0 amide bonds. The highest BCUT2D eigenvalue weighted by Gasteiger charge is 2.28. The molecule has 0 N–H and O–H groups in total. The molecule has 1 aromatic heterocycles. The molecule has 2 unspecified atom stereocenters. The van der Waals surface area contributed by atoms with Crippen molar-refractivity contribution < 1.29 is 9.18 Å². The van der Waals surface area contributed by atoms with Gasteiger partial charge < -0.3 is 9.69 Å². The van der Waals surface area contributed by atoms with Crippen LogP contribution in [0, 0.1) is 11.7 Å². The molecule has 0 bridgehead atoms. The molecule has 7 heteroatoms. The first-order valence-electron chi connectivity index (χ1n) is 9.10. The lowest BCUT2D eigenvalue weighted by Crippen LogP contribution is -2.43. The monoisotopic (exact) mass is 417 g/mol. The third kappa shape index (κ3) is 3.33. The third-order valence-electron chi connectivity index (χ3n) is 5.33. The SMILES string of the molecule is CC1CCC(C=O)CN1c1ncnc2c(F)ccc(-c3ccc(Cl)c(Cl)c3)c12. The normalized spacial score (nSPS) is 19.8. The maximum absolute atomic E-state index is 14.6. The number of aldehydes is 1. The zero-order valence-electron chi connectivity index (χ0n) is 15.2. The van der Waals surface area contributed by atoms with Crippen molar-refractivity contribution in [3.63, 3.8) is 0 Å². The van der Waals surface area contributed by atoms with Gasteiger partial charge in [0.25, 0.3) is 0 Å². The molecule has 1 saturated heterocycles. The van der Waals surface area contributed by atoms with Gasteiger partial charge in [-0.2, -0.15) is 0 Å². The highest BCUT2D eigenvalue weighted by atomic mass is 35.5. The summed E-state index contributed by atoms with van der Waals surface area (Å²) in [5.41, 5.74) is 1.81. The third-order valence-corrected chi connectivity index (χ3v) is 6.07. The molecule has 2 atom stereocenters. The molecule has 0 aliphatic carbocycles. The Kier molecular flexibility index (Phi) is 5.21. The summed E-state index contributed by atoms with van der Waals surface area (Å²) in [5, 5.41) is 1.48. The summed E-state index contributed by atoms with van der Waals surface area (Å²) >= 11 is 12.3. The number of aromatic nitrogens is 2. The molecule has 2 heterocycles. The van der Waals surface area contributed by atoms with E-state index in [0.717, 1.165) is 30.3 Å². The minimum Gasteiger partial charge on any atom is -0.353 e. The zero-order chi connectivity index (χ0) is 19.8. The minimum atomic E-state index is -0.418. The van der Waals surface area contributed by atoms with Crippen LogP contribution in [0.5, 0.6) is 0 Å². The van der Waals surface area contributed by atoms with Gasteiger partial charge in [0.2, 0.25) is 0 Å². The Hall–Kier alpha value is -2.24. The number of anilines is 1. The maximum atomic E-state index is 14.6. The molecule has 144 valence electrons. The molecule has 4 nitrogen and oxygen atoms in total. The Morgan fingerprint density at radius 2 is 1.96 bits per heavy atom. The average molecular weight is 418 g/mol. The summed E-state index contributed by atoms with van der Waals surface area (Å²) in [6.45, 7) is 2.64. The second-order valence-electron chi connectivity index (χ2n) is 7.12. The van der Waals surface area contributed by atoms with Crippen LogP contribution < -0.4 is 4.90 Å². The molecule has 1 fully saturated rings. The molecule has 2 aromatic carbocycles. The fourth-order valence-electron chi connectivity index (χ4n) is 3.79. The van der Waals surface area contributed by atoms with Crippen molar-refractivity contribution in [1.82, 2.24) is 9.97 Å². The number of piperidine rings is 1. The highest BCUT2D eigenvalue weighted by molar-refractivity contribution is 6.42. The van der Waals surface area contributed by atoms with E-state index in [1.54, 1.807) is 18.2 Å². The summed E-state index contributed by atoms with van der Waals surface area (Å²) in [6.07, 6.45) is 4.07. The summed E-state index contributed by atoms with van der Waals surface area (Å²) in [6, 6.07) is 8.58. The van der Waals surface area contributed by atoms with Crippen LogP contribution in [0.25, 0.3) is 22.0 Å². The number of rotatable bonds is 3. The molecule has 3 aromatic rings. The van der Waals surface area contributed by atoms with E-state index in [1.807, 2.05) is 6.07 Å². The van der Waals surface area contributed by atoms with Crippen LogP contribution >= 0.6 is 23.2 Å². The molecule has 0 saturated carbocycles. The van der Waals surface area contributed by atoms with Crippen LogP contribution in [-0.2, 0) is 4.79 Å². The van der Waals surface area contributed by atoms with Crippen LogP contribution in [-0.4, -0.2) is 28.8 Å². The van der Waals surface area contributed by atoms with Crippen molar-refractivity contribution in [2.45, 2.75) is 25.8 Å². The molecule has 0 radical (unpaired) electrons. The Labute approximate surface area is 172 Å².